The van der Waals surface area contributed by atoms with Crippen molar-refractivity contribution in [2.75, 3.05) is 11.9 Å². The van der Waals surface area contributed by atoms with Gasteiger partial charge in [-0.15, -0.1) is 0 Å². The van der Waals surface area contributed by atoms with Gasteiger partial charge in [-0.3, -0.25) is 4.79 Å². The summed E-state index contributed by atoms with van der Waals surface area (Å²) in [6, 6.07) is 12.5. The van der Waals surface area contributed by atoms with Gasteiger partial charge in [0.1, 0.15) is 12.4 Å². The monoisotopic (exact) mass is 402 g/mol. The zero-order valence-electron chi connectivity index (χ0n) is 17.7. The van der Waals surface area contributed by atoms with Crippen LogP contribution >= 0.6 is 0 Å². The number of carbonyl (C=O) groups excluding carboxylic acids is 1. The minimum absolute atomic E-state index is 0.0178. The van der Waals surface area contributed by atoms with Crippen LogP contribution in [0.25, 0.3) is 0 Å². The summed E-state index contributed by atoms with van der Waals surface area (Å²) in [5.74, 6) is 1.87. The van der Waals surface area contributed by atoms with E-state index in [1.807, 2.05) is 43.3 Å². The highest BCUT2D eigenvalue weighted by molar-refractivity contribution is 6.06. The molecule has 0 unspecified atom stereocenters. The Labute approximate surface area is 178 Å². The quantitative estimate of drug-likeness (QED) is 0.629. The summed E-state index contributed by atoms with van der Waals surface area (Å²) < 4.78 is 6.22. The van der Waals surface area contributed by atoms with Gasteiger partial charge < -0.3 is 15.4 Å². The van der Waals surface area contributed by atoms with Crippen LogP contribution in [0.3, 0.4) is 0 Å². The van der Waals surface area contributed by atoms with E-state index in [1.54, 1.807) is 0 Å². The van der Waals surface area contributed by atoms with Crippen molar-refractivity contribution in [3.63, 3.8) is 0 Å². The molecule has 2 N–H and O–H groups in total. The second-order valence-electron chi connectivity index (χ2n) is 9.12. The molecule has 2 saturated carbocycles. The lowest BCUT2D eigenvalue weighted by Crippen LogP contribution is -2.27. The molecular weight excluding hydrogens is 372 g/mol. The summed E-state index contributed by atoms with van der Waals surface area (Å²) in [5.41, 5.74) is 6.22. The third kappa shape index (κ3) is 3.83. The van der Waals surface area contributed by atoms with Crippen LogP contribution in [0.1, 0.15) is 77.4 Å². The van der Waals surface area contributed by atoms with E-state index < -0.39 is 0 Å². The Kier molecular flexibility index (Phi) is 5.01. The van der Waals surface area contributed by atoms with Crippen LogP contribution in [0.4, 0.5) is 5.69 Å². The Hall–Kier alpha value is -2.75. The largest absolute Gasteiger partial charge is 0.487 e. The van der Waals surface area contributed by atoms with Crippen LogP contribution in [0.2, 0.25) is 0 Å². The number of rotatable bonds is 7. The number of fused-ring (bicyclic) bond motifs is 2. The predicted octanol–water partition coefficient (Wildman–Crippen LogP) is 5.65. The molecule has 4 aliphatic carbocycles. The maximum absolute atomic E-state index is 13.2. The first-order valence-corrected chi connectivity index (χ1v) is 11.2. The van der Waals surface area contributed by atoms with Crippen LogP contribution in [0, 0.1) is 6.92 Å². The smallest absolute Gasteiger partial charge is 0.255 e. The number of amides is 1. The highest BCUT2D eigenvalue weighted by Crippen LogP contribution is 2.53. The Morgan fingerprint density at radius 1 is 1.03 bits per heavy atom. The summed E-state index contributed by atoms with van der Waals surface area (Å²) in [6.45, 7) is 6.63. The van der Waals surface area contributed by atoms with Gasteiger partial charge in [0.05, 0.1) is 0 Å². The first-order chi connectivity index (χ1) is 14.6. The predicted molar refractivity (Wildman–Crippen MR) is 120 cm³/mol. The molecule has 0 heterocycles. The molecule has 0 aliphatic heterocycles. The number of anilines is 1. The van der Waals surface area contributed by atoms with Gasteiger partial charge in [0.15, 0.2) is 0 Å². The van der Waals surface area contributed by atoms with Crippen molar-refractivity contribution in [2.24, 2.45) is 0 Å². The number of hydrogen-bond acceptors (Lipinski definition) is 3. The molecule has 2 fully saturated rings. The highest BCUT2D eigenvalue weighted by Gasteiger charge is 2.38. The Morgan fingerprint density at radius 3 is 2.47 bits per heavy atom. The minimum Gasteiger partial charge on any atom is -0.487 e. The molecule has 0 atom stereocenters. The summed E-state index contributed by atoms with van der Waals surface area (Å²) in [6.07, 6.45) is 7.17. The van der Waals surface area contributed by atoms with Gasteiger partial charge in [-0.2, -0.15) is 0 Å². The van der Waals surface area contributed by atoms with Gasteiger partial charge in [0.25, 0.3) is 5.91 Å². The van der Waals surface area contributed by atoms with Gasteiger partial charge in [-0.05, 0) is 92.7 Å². The SMILES string of the molecule is C=C(COc1ccc(C(=O)Nc2cccc(C)c2)c2c1C1CCC2CC1)NC1CC1. The molecule has 0 saturated heterocycles. The lowest BCUT2D eigenvalue weighted by atomic mass is 9.65. The van der Waals surface area contributed by atoms with Crippen molar-refractivity contribution in [3.8, 4) is 5.75 Å². The third-order valence-electron chi connectivity index (χ3n) is 6.70. The van der Waals surface area contributed by atoms with Crippen molar-refractivity contribution < 1.29 is 9.53 Å². The van der Waals surface area contributed by atoms with E-state index in [-0.39, 0.29) is 5.91 Å². The third-order valence-corrected chi connectivity index (χ3v) is 6.70. The van der Waals surface area contributed by atoms with Crippen LogP contribution < -0.4 is 15.4 Å². The Balaban J connectivity index is 1.42. The van der Waals surface area contributed by atoms with E-state index in [9.17, 15) is 4.79 Å². The second-order valence-corrected chi connectivity index (χ2v) is 9.12. The van der Waals surface area contributed by atoms with Crippen LogP contribution in [-0.4, -0.2) is 18.6 Å². The van der Waals surface area contributed by atoms with Crippen molar-refractivity contribution in [2.45, 2.75) is 63.3 Å². The number of benzene rings is 2. The maximum atomic E-state index is 13.2. The number of carbonyl (C=O) groups is 1. The minimum atomic E-state index is -0.0178. The van der Waals surface area contributed by atoms with Crippen molar-refractivity contribution in [1.29, 1.82) is 0 Å². The molecule has 1 amide bonds. The van der Waals surface area contributed by atoms with E-state index >= 15 is 0 Å². The van der Waals surface area contributed by atoms with Crippen molar-refractivity contribution >= 4 is 11.6 Å². The molecule has 2 aromatic carbocycles. The number of nitrogens with one attached hydrogen (secondary N) is 2. The van der Waals surface area contributed by atoms with Gasteiger partial charge in [0.2, 0.25) is 0 Å². The Bertz CT molecular complexity index is 985. The van der Waals surface area contributed by atoms with E-state index in [4.69, 9.17) is 4.74 Å². The standard InChI is InChI=1S/C26H30N2O2/c1-16-4-3-5-21(14-16)28-26(29)22-12-13-23(30-15-17(2)27-20-10-11-20)25-19-8-6-18(7-9-19)24(22)25/h3-5,12-14,18-20,27H,2,6-11,15H2,1H3,(H,28,29). The van der Waals surface area contributed by atoms with Crippen LogP contribution in [0.15, 0.2) is 48.7 Å². The Morgan fingerprint density at radius 2 is 1.77 bits per heavy atom. The first-order valence-electron chi connectivity index (χ1n) is 11.2. The maximum Gasteiger partial charge on any atom is 0.255 e. The van der Waals surface area contributed by atoms with Crippen LogP contribution in [-0.2, 0) is 0 Å². The molecule has 0 spiro atoms. The summed E-state index contributed by atoms with van der Waals surface area (Å²) >= 11 is 0. The van der Waals surface area contributed by atoms with Crippen molar-refractivity contribution in [3.05, 3.63) is 70.9 Å². The summed E-state index contributed by atoms with van der Waals surface area (Å²) in [4.78, 5) is 13.2. The fourth-order valence-corrected chi connectivity index (χ4v) is 5.12. The molecule has 4 aliphatic rings. The normalized spacial score (nSPS) is 21.6. The van der Waals surface area contributed by atoms with Gasteiger partial charge in [-0.1, -0.05) is 18.7 Å². The lowest BCUT2D eigenvalue weighted by molar-refractivity contribution is 0.102. The van der Waals surface area contributed by atoms with E-state index in [2.05, 4.69) is 17.2 Å². The lowest BCUT2D eigenvalue weighted by Gasteiger charge is -2.40. The average Bonchev–Trinajstić information content (AvgIpc) is 3.56. The van der Waals surface area contributed by atoms with Crippen LogP contribution in [0.5, 0.6) is 5.75 Å². The molecule has 30 heavy (non-hydrogen) atoms. The fourth-order valence-electron chi connectivity index (χ4n) is 5.12. The first kappa shape index (κ1) is 19.2. The molecule has 6 rings (SSSR count). The molecule has 4 nitrogen and oxygen atoms in total. The van der Waals surface area contributed by atoms with Gasteiger partial charge >= 0.3 is 0 Å². The molecule has 2 aromatic rings. The summed E-state index contributed by atoms with van der Waals surface area (Å²) in [7, 11) is 0. The zero-order valence-corrected chi connectivity index (χ0v) is 17.7. The fraction of sp³-hybridized carbons (Fsp3) is 0.423. The van der Waals surface area contributed by atoms with E-state index in [0.717, 1.165) is 28.3 Å². The highest BCUT2D eigenvalue weighted by atomic mass is 16.5. The molecule has 156 valence electrons. The molecule has 0 aromatic heterocycles. The molecule has 2 bridgehead atoms. The number of aryl methyl sites for hydroxylation is 1. The number of hydrogen-bond donors (Lipinski definition) is 2. The van der Waals surface area contributed by atoms with E-state index in [0.29, 0.717) is 24.5 Å². The topological polar surface area (TPSA) is 50.4 Å². The van der Waals surface area contributed by atoms with E-state index in [1.165, 1.54) is 49.7 Å². The number of ether oxygens (including phenoxy) is 1. The van der Waals surface area contributed by atoms with Crippen molar-refractivity contribution in [1.82, 2.24) is 5.32 Å². The molecule has 4 heteroatoms. The summed E-state index contributed by atoms with van der Waals surface area (Å²) in [5, 5.41) is 6.52. The molecule has 0 radical (unpaired) electrons. The average molecular weight is 403 g/mol. The zero-order chi connectivity index (χ0) is 20.7. The van der Waals surface area contributed by atoms with Gasteiger partial charge in [0, 0.05) is 28.6 Å². The molecular formula is C26H30N2O2. The van der Waals surface area contributed by atoms with Gasteiger partial charge in [-0.25, -0.2) is 0 Å². The second kappa shape index (κ2) is 7.82.